The number of fused-ring (bicyclic) bond motifs is 2. The lowest BCUT2D eigenvalue weighted by atomic mass is 10.0. The first-order valence-electron chi connectivity index (χ1n) is 9.93. The first-order valence-corrected chi connectivity index (χ1v) is 12.1. The zero-order valence-corrected chi connectivity index (χ0v) is 18.1. The Labute approximate surface area is 174 Å². The van der Waals surface area contributed by atoms with E-state index >= 15 is 0 Å². The van der Waals surface area contributed by atoms with Crippen LogP contribution >= 0.6 is 23.1 Å². The highest BCUT2D eigenvalue weighted by Crippen LogP contribution is 2.33. The Hall–Kier alpha value is -1.57. The Bertz CT molecular complexity index is 882. The van der Waals surface area contributed by atoms with Crippen molar-refractivity contribution in [2.24, 2.45) is 0 Å². The van der Waals surface area contributed by atoms with Crippen molar-refractivity contribution < 1.29 is 9.59 Å². The SMILES string of the molecule is CCc1sc2ccccc2c1CN1CCN2C(=O)C(CCSC)NC(=O)C2C1. The van der Waals surface area contributed by atoms with Gasteiger partial charge in [0.2, 0.25) is 11.8 Å². The number of carbonyl (C=O) groups is 2. The van der Waals surface area contributed by atoms with E-state index in [4.69, 9.17) is 0 Å². The number of hydrogen-bond donors (Lipinski definition) is 1. The van der Waals surface area contributed by atoms with Gasteiger partial charge in [-0.2, -0.15) is 11.8 Å². The molecule has 2 fully saturated rings. The van der Waals surface area contributed by atoms with Gasteiger partial charge < -0.3 is 10.2 Å². The van der Waals surface area contributed by atoms with Crippen LogP contribution in [0.3, 0.4) is 0 Å². The largest absolute Gasteiger partial charge is 0.342 e. The number of nitrogens with one attached hydrogen (secondary N) is 1. The summed E-state index contributed by atoms with van der Waals surface area (Å²) in [5, 5.41) is 4.29. The zero-order valence-electron chi connectivity index (χ0n) is 16.4. The monoisotopic (exact) mass is 417 g/mol. The predicted octanol–water partition coefficient (Wildman–Crippen LogP) is 2.73. The third-order valence-corrected chi connectivity index (χ3v) is 7.76. The molecule has 2 aliphatic rings. The van der Waals surface area contributed by atoms with Crippen molar-refractivity contribution in [2.75, 3.05) is 31.6 Å². The lowest BCUT2D eigenvalue weighted by Gasteiger charge is -2.45. The number of thiophene rings is 1. The molecule has 1 aromatic heterocycles. The Morgan fingerprint density at radius 3 is 2.86 bits per heavy atom. The molecule has 7 heteroatoms. The molecule has 5 nitrogen and oxygen atoms in total. The molecule has 2 unspecified atom stereocenters. The molecule has 4 rings (SSSR count). The van der Waals surface area contributed by atoms with Crippen LogP contribution in [0, 0.1) is 0 Å². The predicted molar refractivity (Wildman–Crippen MR) is 117 cm³/mol. The third kappa shape index (κ3) is 3.67. The second kappa shape index (κ2) is 8.43. The molecular weight excluding hydrogens is 390 g/mol. The van der Waals surface area contributed by atoms with Gasteiger partial charge in [0.15, 0.2) is 0 Å². The van der Waals surface area contributed by atoms with E-state index in [0.717, 1.165) is 25.3 Å². The summed E-state index contributed by atoms with van der Waals surface area (Å²) in [5.41, 5.74) is 1.39. The van der Waals surface area contributed by atoms with E-state index in [0.29, 0.717) is 19.5 Å². The standard InChI is InChI=1S/C21H27N3O2S2/c1-3-18-15(14-6-4-5-7-19(14)28-18)12-23-9-10-24-17(13-23)20(25)22-16(21(24)26)8-11-27-2/h4-7,16-17H,3,8-13H2,1-2H3,(H,22,25). The van der Waals surface area contributed by atoms with Gasteiger partial charge in [0.05, 0.1) is 0 Å². The number of amides is 2. The van der Waals surface area contributed by atoms with Crippen LogP contribution in [0.5, 0.6) is 0 Å². The number of nitrogens with zero attached hydrogens (tertiary/aromatic N) is 2. The number of piperazine rings is 2. The summed E-state index contributed by atoms with van der Waals surface area (Å²) >= 11 is 3.58. The van der Waals surface area contributed by atoms with Gasteiger partial charge in [-0.3, -0.25) is 14.5 Å². The molecule has 0 saturated carbocycles. The van der Waals surface area contributed by atoms with E-state index in [2.05, 4.69) is 41.4 Å². The van der Waals surface area contributed by atoms with Gasteiger partial charge in [0.1, 0.15) is 12.1 Å². The second-order valence-electron chi connectivity index (χ2n) is 7.48. The number of carbonyl (C=O) groups excluding carboxylic acids is 2. The summed E-state index contributed by atoms with van der Waals surface area (Å²) in [5.74, 6) is 0.974. The fraction of sp³-hybridized carbons (Fsp3) is 0.524. The van der Waals surface area contributed by atoms with E-state index in [1.807, 2.05) is 22.5 Å². The van der Waals surface area contributed by atoms with Crippen LogP contribution < -0.4 is 5.32 Å². The van der Waals surface area contributed by atoms with Crippen molar-refractivity contribution >= 4 is 45.0 Å². The molecule has 0 radical (unpaired) electrons. The highest BCUT2D eigenvalue weighted by atomic mass is 32.2. The molecule has 2 saturated heterocycles. The average molecular weight is 418 g/mol. The van der Waals surface area contributed by atoms with Crippen molar-refractivity contribution in [1.29, 1.82) is 0 Å². The summed E-state index contributed by atoms with van der Waals surface area (Å²) < 4.78 is 1.33. The maximum absolute atomic E-state index is 12.8. The van der Waals surface area contributed by atoms with Crippen molar-refractivity contribution in [3.8, 4) is 0 Å². The fourth-order valence-corrected chi connectivity index (χ4v) is 5.89. The minimum atomic E-state index is -0.359. The van der Waals surface area contributed by atoms with Gasteiger partial charge in [-0.1, -0.05) is 25.1 Å². The van der Waals surface area contributed by atoms with Crippen LogP contribution in [-0.2, 0) is 22.6 Å². The minimum absolute atomic E-state index is 0.00120. The summed E-state index contributed by atoms with van der Waals surface area (Å²) in [6.45, 7) is 5.11. The Balaban J connectivity index is 1.49. The molecule has 0 spiro atoms. The van der Waals surface area contributed by atoms with Crippen LogP contribution in [-0.4, -0.2) is 65.3 Å². The van der Waals surface area contributed by atoms with E-state index in [9.17, 15) is 9.59 Å². The first kappa shape index (κ1) is 19.7. The molecule has 28 heavy (non-hydrogen) atoms. The highest BCUT2D eigenvalue weighted by Gasteiger charge is 2.43. The van der Waals surface area contributed by atoms with E-state index in [-0.39, 0.29) is 23.9 Å². The van der Waals surface area contributed by atoms with E-state index < -0.39 is 0 Å². The molecular formula is C21H27N3O2S2. The second-order valence-corrected chi connectivity index (χ2v) is 9.60. The van der Waals surface area contributed by atoms with Gasteiger partial charge in [-0.25, -0.2) is 0 Å². The molecule has 2 aromatic rings. The molecule has 2 amide bonds. The van der Waals surface area contributed by atoms with Gasteiger partial charge in [0, 0.05) is 35.8 Å². The number of thioether (sulfide) groups is 1. The first-order chi connectivity index (χ1) is 13.6. The minimum Gasteiger partial charge on any atom is -0.342 e. The molecule has 3 heterocycles. The number of hydrogen-bond acceptors (Lipinski definition) is 5. The lowest BCUT2D eigenvalue weighted by molar-refractivity contribution is -0.153. The summed E-state index contributed by atoms with van der Waals surface area (Å²) in [6.07, 6.45) is 3.75. The Kier molecular flexibility index (Phi) is 5.94. The van der Waals surface area contributed by atoms with Crippen molar-refractivity contribution in [1.82, 2.24) is 15.1 Å². The molecule has 150 valence electrons. The Morgan fingerprint density at radius 2 is 2.07 bits per heavy atom. The maximum atomic E-state index is 12.8. The number of benzene rings is 1. The summed E-state index contributed by atoms with van der Waals surface area (Å²) in [4.78, 5) is 31.1. The average Bonchev–Trinajstić information content (AvgIpc) is 3.07. The smallest absolute Gasteiger partial charge is 0.245 e. The summed E-state index contributed by atoms with van der Waals surface area (Å²) in [6, 6.07) is 7.85. The molecule has 2 aliphatic heterocycles. The summed E-state index contributed by atoms with van der Waals surface area (Å²) in [7, 11) is 0. The van der Waals surface area contributed by atoms with Crippen LogP contribution in [0.1, 0.15) is 23.8 Å². The topological polar surface area (TPSA) is 52.6 Å². The Morgan fingerprint density at radius 1 is 1.25 bits per heavy atom. The van der Waals surface area contributed by atoms with Gasteiger partial charge >= 0.3 is 0 Å². The van der Waals surface area contributed by atoms with E-state index in [1.165, 1.54) is 20.5 Å². The van der Waals surface area contributed by atoms with Crippen molar-refractivity contribution in [3.63, 3.8) is 0 Å². The fourth-order valence-electron chi connectivity index (χ4n) is 4.26. The normalized spacial score (nSPS) is 23.1. The molecule has 1 aromatic carbocycles. The van der Waals surface area contributed by atoms with Gasteiger partial charge in [0.25, 0.3) is 0 Å². The van der Waals surface area contributed by atoms with Gasteiger partial charge in [-0.15, -0.1) is 11.3 Å². The van der Waals surface area contributed by atoms with Crippen LogP contribution in [0.25, 0.3) is 10.1 Å². The van der Waals surface area contributed by atoms with Crippen molar-refractivity contribution in [2.45, 2.75) is 38.4 Å². The number of aryl methyl sites for hydroxylation is 1. The molecule has 1 N–H and O–H groups in total. The van der Waals surface area contributed by atoms with Crippen LogP contribution in [0.15, 0.2) is 24.3 Å². The van der Waals surface area contributed by atoms with Crippen molar-refractivity contribution in [3.05, 3.63) is 34.7 Å². The van der Waals surface area contributed by atoms with Gasteiger partial charge in [-0.05, 0) is 41.9 Å². The highest BCUT2D eigenvalue weighted by molar-refractivity contribution is 7.98. The molecule has 2 atom stereocenters. The zero-order chi connectivity index (χ0) is 19.7. The van der Waals surface area contributed by atoms with Crippen LogP contribution in [0.4, 0.5) is 0 Å². The molecule has 0 bridgehead atoms. The third-order valence-electron chi connectivity index (χ3n) is 5.76. The van der Waals surface area contributed by atoms with Crippen LogP contribution in [0.2, 0.25) is 0 Å². The lowest BCUT2D eigenvalue weighted by Crippen LogP contribution is -2.69. The number of rotatable bonds is 6. The molecule has 0 aliphatic carbocycles. The quantitative estimate of drug-likeness (QED) is 0.785. The van der Waals surface area contributed by atoms with E-state index in [1.54, 1.807) is 11.8 Å². The maximum Gasteiger partial charge on any atom is 0.245 e.